The van der Waals surface area contributed by atoms with Crippen LogP contribution in [0.5, 0.6) is 0 Å². The van der Waals surface area contributed by atoms with E-state index in [1.807, 2.05) is 0 Å². The fourth-order valence-electron chi connectivity index (χ4n) is 2.19. The largest absolute Gasteiger partial charge is 0.381 e. The van der Waals surface area contributed by atoms with E-state index in [9.17, 15) is 0 Å². The second kappa shape index (κ2) is 8.06. The van der Waals surface area contributed by atoms with Crippen molar-refractivity contribution in [1.82, 2.24) is 10.2 Å². The van der Waals surface area contributed by atoms with Gasteiger partial charge in [0.15, 0.2) is 0 Å². The van der Waals surface area contributed by atoms with Gasteiger partial charge in [0.05, 0.1) is 0 Å². The van der Waals surface area contributed by atoms with E-state index >= 15 is 0 Å². The Kier molecular flexibility index (Phi) is 7.09. The van der Waals surface area contributed by atoms with Gasteiger partial charge in [-0.05, 0) is 46.1 Å². The predicted octanol–water partition coefficient (Wildman–Crippen LogP) is 2.12. The zero-order valence-corrected chi connectivity index (χ0v) is 12.0. The molecule has 102 valence electrons. The molecule has 0 aliphatic carbocycles. The smallest absolute Gasteiger partial charge is 0.0469 e. The summed E-state index contributed by atoms with van der Waals surface area (Å²) in [5.41, 5.74) is 0. The van der Waals surface area contributed by atoms with Crippen molar-refractivity contribution in [3.8, 4) is 0 Å². The van der Waals surface area contributed by atoms with E-state index in [4.69, 9.17) is 4.74 Å². The van der Waals surface area contributed by atoms with Gasteiger partial charge in [-0.2, -0.15) is 0 Å². The quantitative estimate of drug-likeness (QED) is 0.740. The first-order chi connectivity index (χ1) is 8.13. The Bertz CT molecular complexity index is 193. The van der Waals surface area contributed by atoms with Gasteiger partial charge in [-0.3, -0.25) is 0 Å². The van der Waals surface area contributed by atoms with Crippen molar-refractivity contribution >= 4 is 0 Å². The highest BCUT2D eigenvalue weighted by atomic mass is 16.5. The van der Waals surface area contributed by atoms with E-state index in [0.717, 1.165) is 25.7 Å². The molecule has 1 saturated heterocycles. The summed E-state index contributed by atoms with van der Waals surface area (Å²) in [5.74, 6) is 0.833. The number of hydrogen-bond acceptors (Lipinski definition) is 3. The van der Waals surface area contributed by atoms with Crippen molar-refractivity contribution in [2.24, 2.45) is 5.92 Å². The van der Waals surface area contributed by atoms with E-state index in [0.29, 0.717) is 12.1 Å². The lowest BCUT2D eigenvalue weighted by Gasteiger charge is -2.31. The molecule has 1 aliphatic rings. The second-order valence-electron chi connectivity index (χ2n) is 5.56. The summed E-state index contributed by atoms with van der Waals surface area (Å²) < 4.78 is 5.40. The summed E-state index contributed by atoms with van der Waals surface area (Å²) in [6, 6.07) is 1.25. The Hall–Kier alpha value is -0.120. The molecule has 0 saturated carbocycles. The highest BCUT2D eigenvalue weighted by molar-refractivity contribution is 4.73. The van der Waals surface area contributed by atoms with Crippen LogP contribution in [0.15, 0.2) is 0 Å². The zero-order valence-electron chi connectivity index (χ0n) is 12.0. The average molecular weight is 242 g/mol. The molecule has 0 spiro atoms. The monoisotopic (exact) mass is 242 g/mol. The molecule has 3 heteroatoms. The molecular formula is C14H30N2O. The van der Waals surface area contributed by atoms with Gasteiger partial charge in [0.2, 0.25) is 0 Å². The number of nitrogens with zero attached hydrogens (tertiary/aromatic N) is 1. The second-order valence-corrected chi connectivity index (χ2v) is 5.56. The van der Waals surface area contributed by atoms with Gasteiger partial charge in [-0.25, -0.2) is 0 Å². The molecular weight excluding hydrogens is 212 g/mol. The molecule has 0 radical (unpaired) electrons. The first kappa shape index (κ1) is 14.9. The summed E-state index contributed by atoms with van der Waals surface area (Å²) in [6.45, 7) is 11.0. The Labute approximate surface area is 107 Å². The first-order valence-corrected chi connectivity index (χ1v) is 7.14. The van der Waals surface area contributed by atoms with Crippen LogP contribution in [-0.2, 0) is 4.74 Å². The van der Waals surface area contributed by atoms with Crippen LogP contribution in [0.3, 0.4) is 0 Å². The molecule has 0 amide bonds. The Morgan fingerprint density at radius 1 is 1.29 bits per heavy atom. The van der Waals surface area contributed by atoms with E-state index in [-0.39, 0.29) is 0 Å². The van der Waals surface area contributed by atoms with Crippen molar-refractivity contribution in [1.29, 1.82) is 0 Å². The fourth-order valence-corrected chi connectivity index (χ4v) is 2.19. The van der Waals surface area contributed by atoms with Crippen LogP contribution >= 0.6 is 0 Å². The van der Waals surface area contributed by atoms with Gasteiger partial charge in [0.1, 0.15) is 0 Å². The SMILES string of the molecule is CCC(C)NCC(C)N(C)CC1CCOCC1. The molecule has 1 heterocycles. The molecule has 1 fully saturated rings. The molecule has 2 atom stereocenters. The van der Waals surface area contributed by atoms with Crippen molar-refractivity contribution in [3.05, 3.63) is 0 Å². The molecule has 0 bridgehead atoms. The lowest BCUT2D eigenvalue weighted by Crippen LogP contribution is -2.43. The van der Waals surface area contributed by atoms with E-state index < -0.39 is 0 Å². The third-order valence-corrected chi connectivity index (χ3v) is 4.01. The topological polar surface area (TPSA) is 24.5 Å². The lowest BCUT2D eigenvalue weighted by atomic mass is 9.99. The van der Waals surface area contributed by atoms with E-state index in [1.54, 1.807) is 0 Å². The molecule has 17 heavy (non-hydrogen) atoms. The molecule has 0 aromatic rings. The number of likely N-dealkylation sites (N-methyl/N-ethyl adjacent to an activating group) is 1. The maximum absolute atomic E-state index is 5.40. The number of nitrogens with one attached hydrogen (secondary N) is 1. The highest BCUT2D eigenvalue weighted by Crippen LogP contribution is 2.16. The van der Waals surface area contributed by atoms with Crippen LogP contribution in [0.2, 0.25) is 0 Å². The van der Waals surface area contributed by atoms with Gasteiger partial charge in [-0.15, -0.1) is 0 Å². The normalized spacial score (nSPS) is 21.7. The molecule has 3 nitrogen and oxygen atoms in total. The molecule has 2 unspecified atom stereocenters. The third-order valence-electron chi connectivity index (χ3n) is 4.01. The van der Waals surface area contributed by atoms with E-state index in [2.05, 4.69) is 38.0 Å². The predicted molar refractivity (Wildman–Crippen MR) is 73.4 cm³/mol. The van der Waals surface area contributed by atoms with Crippen LogP contribution in [0.4, 0.5) is 0 Å². The summed E-state index contributed by atoms with van der Waals surface area (Å²) >= 11 is 0. The van der Waals surface area contributed by atoms with Gasteiger partial charge in [0.25, 0.3) is 0 Å². The van der Waals surface area contributed by atoms with Crippen LogP contribution in [0, 0.1) is 5.92 Å². The summed E-state index contributed by atoms with van der Waals surface area (Å²) in [6.07, 6.45) is 3.67. The summed E-state index contributed by atoms with van der Waals surface area (Å²) in [5, 5.41) is 3.58. The number of rotatable bonds is 7. The van der Waals surface area contributed by atoms with Crippen LogP contribution in [0.25, 0.3) is 0 Å². The molecule has 1 aliphatic heterocycles. The van der Waals surface area contributed by atoms with Crippen LogP contribution in [0.1, 0.15) is 40.0 Å². The minimum absolute atomic E-state index is 0.617. The van der Waals surface area contributed by atoms with Crippen LogP contribution < -0.4 is 5.32 Å². The highest BCUT2D eigenvalue weighted by Gasteiger charge is 2.18. The average Bonchev–Trinajstić information content (AvgIpc) is 2.36. The van der Waals surface area contributed by atoms with Crippen molar-refractivity contribution < 1.29 is 4.74 Å². The van der Waals surface area contributed by atoms with E-state index in [1.165, 1.54) is 25.8 Å². The summed E-state index contributed by atoms with van der Waals surface area (Å²) in [7, 11) is 2.25. The van der Waals surface area contributed by atoms with Gasteiger partial charge < -0.3 is 15.0 Å². The van der Waals surface area contributed by atoms with Gasteiger partial charge in [-0.1, -0.05) is 6.92 Å². The standard InChI is InChI=1S/C14H30N2O/c1-5-12(2)15-10-13(3)16(4)11-14-6-8-17-9-7-14/h12-15H,5-11H2,1-4H3. The van der Waals surface area contributed by atoms with Crippen LogP contribution in [-0.4, -0.2) is 50.3 Å². The molecule has 1 N–H and O–H groups in total. The number of ether oxygens (including phenoxy) is 1. The van der Waals surface area contributed by atoms with Gasteiger partial charge in [0, 0.05) is 38.4 Å². The first-order valence-electron chi connectivity index (χ1n) is 7.14. The van der Waals surface area contributed by atoms with Crippen molar-refractivity contribution in [2.45, 2.75) is 52.1 Å². The van der Waals surface area contributed by atoms with Crippen molar-refractivity contribution in [3.63, 3.8) is 0 Å². The fraction of sp³-hybridized carbons (Fsp3) is 1.00. The minimum Gasteiger partial charge on any atom is -0.381 e. The third kappa shape index (κ3) is 5.84. The van der Waals surface area contributed by atoms with Crippen molar-refractivity contribution in [2.75, 3.05) is 33.4 Å². The lowest BCUT2D eigenvalue weighted by molar-refractivity contribution is 0.0512. The zero-order chi connectivity index (χ0) is 12.7. The Morgan fingerprint density at radius 2 is 1.94 bits per heavy atom. The maximum Gasteiger partial charge on any atom is 0.0469 e. The Balaban J connectivity index is 2.18. The maximum atomic E-state index is 5.40. The Morgan fingerprint density at radius 3 is 2.53 bits per heavy atom. The summed E-state index contributed by atoms with van der Waals surface area (Å²) in [4.78, 5) is 2.49. The van der Waals surface area contributed by atoms with Gasteiger partial charge >= 0.3 is 0 Å². The molecule has 1 rings (SSSR count). The number of hydrogen-bond donors (Lipinski definition) is 1. The molecule has 0 aromatic heterocycles. The molecule has 0 aromatic carbocycles. The minimum atomic E-state index is 0.617.